The number of thiophene rings is 1. The third kappa shape index (κ3) is 3.25. The molecule has 0 saturated heterocycles. The summed E-state index contributed by atoms with van der Waals surface area (Å²) in [6, 6.07) is 11.1. The highest BCUT2D eigenvalue weighted by Crippen LogP contribution is 2.33. The molecular weight excluding hydrogens is 397 g/mol. The molecule has 0 radical (unpaired) electrons. The van der Waals surface area contributed by atoms with Gasteiger partial charge in [-0.25, -0.2) is 14.3 Å². The van der Waals surface area contributed by atoms with Crippen LogP contribution in [0.25, 0.3) is 20.9 Å². The molecule has 0 unspecified atom stereocenters. The SMILES string of the molecule is COC(=O)c1sc2cccc(F)c2c1CNC(=O)c1n[nH]c(=O)c2ccccc12. The van der Waals surface area contributed by atoms with Gasteiger partial charge in [0.25, 0.3) is 11.5 Å². The van der Waals surface area contributed by atoms with Crippen molar-refractivity contribution in [1.82, 2.24) is 15.5 Å². The van der Waals surface area contributed by atoms with Crippen LogP contribution in [0.3, 0.4) is 0 Å². The third-order valence-electron chi connectivity index (χ3n) is 4.47. The molecule has 0 atom stereocenters. The molecule has 0 aliphatic rings. The predicted octanol–water partition coefficient (Wildman–Crippen LogP) is 2.99. The predicted molar refractivity (Wildman–Crippen MR) is 107 cm³/mol. The monoisotopic (exact) mass is 411 g/mol. The molecule has 2 heterocycles. The third-order valence-corrected chi connectivity index (χ3v) is 5.65. The number of benzene rings is 2. The maximum Gasteiger partial charge on any atom is 0.348 e. The zero-order valence-corrected chi connectivity index (χ0v) is 15.9. The lowest BCUT2D eigenvalue weighted by atomic mass is 10.1. The van der Waals surface area contributed by atoms with Crippen LogP contribution < -0.4 is 10.9 Å². The lowest BCUT2D eigenvalue weighted by Gasteiger charge is -2.08. The molecule has 146 valence electrons. The molecule has 2 aromatic carbocycles. The van der Waals surface area contributed by atoms with Crippen LogP contribution in [0.15, 0.2) is 47.3 Å². The molecule has 0 bridgehead atoms. The Morgan fingerprint density at radius 2 is 1.93 bits per heavy atom. The van der Waals surface area contributed by atoms with Crippen LogP contribution in [0.4, 0.5) is 4.39 Å². The largest absolute Gasteiger partial charge is 0.465 e. The van der Waals surface area contributed by atoms with Gasteiger partial charge in [-0.1, -0.05) is 24.3 Å². The molecule has 2 aromatic heterocycles. The van der Waals surface area contributed by atoms with E-state index in [9.17, 15) is 18.8 Å². The van der Waals surface area contributed by atoms with Gasteiger partial charge < -0.3 is 10.1 Å². The van der Waals surface area contributed by atoms with E-state index in [1.165, 1.54) is 13.2 Å². The van der Waals surface area contributed by atoms with Gasteiger partial charge in [-0.05, 0) is 18.2 Å². The van der Waals surface area contributed by atoms with Crippen LogP contribution in [0.1, 0.15) is 25.7 Å². The lowest BCUT2D eigenvalue weighted by Crippen LogP contribution is -2.26. The van der Waals surface area contributed by atoms with Gasteiger partial charge in [0.2, 0.25) is 0 Å². The van der Waals surface area contributed by atoms with Gasteiger partial charge in [0, 0.05) is 27.6 Å². The Morgan fingerprint density at radius 3 is 2.69 bits per heavy atom. The second-order valence-electron chi connectivity index (χ2n) is 6.14. The first-order chi connectivity index (χ1) is 14.0. The minimum absolute atomic E-state index is 0.0276. The summed E-state index contributed by atoms with van der Waals surface area (Å²) in [6.07, 6.45) is 0. The molecule has 4 rings (SSSR count). The summed E-state index contributed by atoms with van der Waals surface area (Å²) in [5, 5.41) is 9.79. The second-order valence-corrected chi connectivity index (χ2v) is 7.20. The van der Waals surface area contributed by atoms with E-state index < -0.39 is 23.3 Å². The molecule has 0 saturated carbocycles. The summed E-state index contributed by atoms with van der Waals surface area (Å²) in [7, 11) is 1.24. The highest BCUT2D eigenvalue weighted by atomic mass is 32.1. The number of fused-ring (bicyclic) bond motifs is 2. The standard InChI is InChI=1S/C20H14FN3O4S/c1-28-20(27)17-12(15-13(21)7-4-8-14(15)29-17)9-22-19(26)16-10-5-2-3-6-11(10)18(25)24-23-16/h2-8H,9H2,1H3,(H,22,26)(H,24,25). The highest BCUT2D eigenvalue weighted by molar-refractivity contribution is 7.21. The number of methoxy groups -OCH3 is 1. The fourth-order valence-corrected chi connectivity index (χ4v) is 4.29. The van der Waals surface area contributed by atoms with Gasteiger partial charge >= 0.3 is 5.97 Å². The topological polar surface area (TPSA) is 101 Å². The number of nitrogens with one attached hydrogen (secondary N) is 2. The zero-order chi connectivity index (χ0) is 20.5. The van der Waals surface area contributed by atoms with Crippen LogP contribution >= 0.6 is 11.3 Å². The molecule has 0 fully saturated rings. The van der Waals surface area contributed by atoms with Crippen molar-refractivity contribution < 1.29 is 18.7 Å². The molecule has 4 aromatic rings. The van der Waals surface area contributed by atoms with E-state index in [1.807, 2.05) is 0 Å². The molecule has 0 aliphatic heterocycles. The molecule has 9 heteroatoms. The number of halogens is 1. The summed E-state index contributed by atoms with van der Waals surface area (Å²) in [4.78, 5) is 37.0. The Kier molecular flexibility index (Phi) is 4.81. The number of aromatic amines is 1. The number of rotatable bonds is 4. The van der Waals surface area contributed by atoms with Crippen LogP contribution in [0.5, 0.6) is 0 Å². The Hall–Kier alpha value is -3.59. The van der Waals surface area contributed by atoms with Gasteiger partial charge in [0.05, 0.1) is 12.5 Å². The van der Waals surface area contributed by atoms with Gasteiger partial charge in [-0.3, -0.25) is 9.59 Å². The number of ether oxygens (including phenoxy) is 1. The number of hydrogen-bond donors (Lipinski definition) is 2. The van der Waals surface area contributed by atoms with Crippen molar-refractivity contribution in [2.75, 3.05) is 7.11 Å². The molecule has 1 amide bonds. The molecule has 0 aliphatic carbocycles. The van der Waals surface area contributed by atoms with Crippen LogP contribution in [0, 0.1) is 5.82 Å². The van der Waals surface area contributed by atoms with Crippen molar-refractivity contribution in [2.45, 2.75) is 6.54 Å². The van der Waals surface area contributed by atoms with Crippen LogP contribution in [0.2, 0.25) is 0 Å². The molecule has 29 heavy (non-hydrogen) atoms. The molecule has 2 N–H and O–H groups in total. The lowest BCUT2D eigenvalue weighted by molar-refractivity contribution is 0.0604. The average Bonchev–Trinajstić information content (AvgIpc) is 3.12. The fourth-order valence-electron chi connectivity index (χ4n) is 3.13. The van der Waals surface area contributed by atoms with Crippen molar-refractivity contribution in [1.29, 1.82) is 0 Å². The van der Waals surface area contributed by atoms with Crippen molar-refractivity contribution in [3.63, 3.8) is 0 Å². The summed E-state index contributed by atoms with van der Waals surface area (Å²) in [5.41, 5.74) is -0.0483. The van der Waals surface area contributed by atoms with Gasteiger partial charge in [-0.15, -0.1) is 11.3 Å². The summed E-state index contributed by atoms with van der Waals surface area (Å²) < 4.78 is 19.8. The maximum absolute atomic E-state index is 14.4. The fraction of sp³-hybridized carbons (Fsp3) is 0.100. The number of carbonyl (C=O) groups is 2. The minimum Gasteiger partial charge on any atom is -0.465 e. The first-order valence-corrected chi connectivity index (χ1v) is 9.36. The Labute approximate surface area is 167 Å². The molecule has 7 nitrogen and oxygen atoms in total. The average molecular weight is 411 g/mol. The first-order valence-electron chi connectivity index (χ1n) is 8.55. The molecule has 0 spiro atoms. The van der Waals surface area contributed by atoms with Crippen molar-refractivity contribution in [3.8, 4) is 0 Å². The normalized spacial score (nSPS) is 11.0. The van der Waals surface area contributed by atoms with Gasteiger partial charge in [0.1, 0.15) is 10.7 Å². The number of amides is 1. The Balaban J connectivity index is 1.72. The van der Waals surface area contributed by atoms with Crippen molar-refractivity contribution in [2.24, 2.45) is 0 Å². The smallest absolute Gasteiger partial charge is 0.348 e. The van der Waals surface area contributed by atoms with E-state index in [4.69, 9.17) is 4.74 Å². The number of aromatic nitrogens is 2. The summed E-state index contributed by atoms with van der Waals surface area (Å²) in [6.45, 7) is -0.112. The van der Waals surface area contributed by atoms with Crippen LogP contribution in [-0.4, -0.2) is 29.2 Å². The van der Waals surface area contributed by atoms with Gasteiger partial charge in [-0.2, -0.15) is 5.10 Å². The van der Waals surface area contributed by atoms with Crippen molar-refractivity contribution in [3.05, 3.63) is 74.8 Å². The zero-order valence-electron chi connectivity index (χ0n) is 15.1. The Bertz CT molecular complexity index is 1330. The highest BCUT2D eigenvalue weighted by Gasteiger charge is 2.22. The van der Waals surface area contributed by atoms with Crippen molar-refractivity contribution >= 4 is 44.1 Å². The summed E-state index contributed by atoms with van der Waals surface area (Å²) in [5.74, 6) is -1.67. The number of esters is 1. The Morgan fingerprint density at radius 1 is 1.17 bits per heavy atom. The van der Waals surface area contributed by atoms with E-state index >= 15 is 0 Å². The van der Waals surface area contributed by atoms with E-state index in [0.29, 0.717) is 21.0 Å². The van der Waals surface area contributed by atoms with E-state index in [0.717, 1.165) is 11.3 Å². The number of hydrogen-bond acceptors (Lipinski definition) is 6. The number of carbonyl (C=O) groups excluding carboxylic acids is 2. The van der Waals surface area contributed by atoms with Crippen LogP contribution in [-0.2, 0) is 11.3 Å². The minimum atomic E-state index is -0.609. The van der Waals surface area contributed by atoms with E-state index in [-0.39, 0.29) is 22.5 Å². The summed E-state index contributed by atoms with van der Waals surface area (Å²) >= 11 is 1.09. The first kappa shape index (κ1) is 18.8. The van der Waals surface area contributed by atoms with E-state index in [2.05, 4.69) is 15.5 Å². The maximum atomic E-state index is 14.4. The quantitative estimate of drug-likeness (QED) is 0.503. The molecular formula is C20H14FN3O4S. The van der Waals surface area contributed by atoms with Gasteiger partial charge in [0.15, 0.2) is 5.69 Å². The number of H-pyrrole nitrogens is 1. The number of nitrogens with zero attached hydrogens (tertiary/aromatic N) is 1. The second kappa shape index (κ2) is 7.44. The van der Waals surface area contributed by atoms with E-state index in [1.54, 1.807) is 36.4 Å².